The molecule has 2 aliphatic heterocycles. The first-order chi connectivity index (χ1) is 11.5. The van der Waals surface area contributed by atoms with Crippen LogP contribution in [0.5, 0.6) is 0 Å². The molecular weight excluding hydrogens is 300 g/mol. The molecule has 0 aromatic carbocycles. The second kappa shape index (κ2) is 9.48. The monoisotopic (exact) mass is 340 g/mol. The Hall–Kier alpha value is -0.200. The third kappa shape index (κ3) is 5.67. The predicted molar refractivity (Wildman–Crippen MR) is 101 cm³/mol. The van der Waals surface area contributed by atoms with Gasteiger partial charge in [0.1, 0.15) is 6.23 Å². The molecule has 5 nitrogen and oxygen atoms in total. The average Bonchev–Trinajstić information content (AvgIpc) is 3.05. The van der Waals surface area contributed by atoms with Crippen LogP contribution in [-0.2, 0) is 4.74 Å². The van der Waals surface area contributed by atoms with Crippen molar-refractivity contribution in [3.05, 3.63) is 0 Å². The highest BCUT2D eigenvalue weighted by atomic mass is 16.5. The van der Waals surface area contributed by atoms with E-state index in [9.17, 15) is 0 Å². The lowest BCUT2D eigenvalue weighted by atomic mass is 9.84. The van der Waals surface area contributed by atoms with Gasteiger partial charge in [-0.05, 0) is 24.7 Å². The number of rotatable bonds is 8. The van der Waals surface area contributed by atoms with Crippen LogP contribution in [0.1, 0.15) is 60.3 Å². The number of nitrogens with one attached hydrogen (secondary N) is 2. The van der Waals surface area contributed by atoms with Crippen molar-refractivity contribution in [1.82, 2.24) is 20.7 Å². The SMILES string of the molecule is CCCC(CC)N1CC(C(C)(C)C)NCC1OCCN1CCCN1. The molecule has 0 aromatic rings. The van der Waals surface area contributed by atoms with Gasteiger partial charge in [0.25, 0.3) is 0 Å². The molecule has 3 unspecified atom stereocenters. The van der Waals surface area contributed by atoms with Gasteiger partial charge in [-0.25, -0.2) is 5.01 Å². The topological polar surface area (TPSA) is 39.8 Å². The Labute approximate surface area is 149 Å². The second-order valence-electron chi connectivity index (χ2n) is 8.45. The molecule has 142 valence electrons. The van der Waals surface area contributed by atoms with Crippen molar-refractivity contribution >= 4 is 0 Å². The Morgan fingerprint density at radius 3 is 2.62 bits per heavy atom. The van der Waals surface area contributed by atoms with Crippen molar-refractivity contribution in [2.45, 2.75) is 78.6 Å². The van der Waals surface area contributed by atoms with Crippen molar-refractivity contribution in [3.8, 4) is 0 Å². The van der Waals surface area contributed by atoms with Crippen molar-refractivity contribution in [3.63, 3.8) is 0 Å². The molecule has 2 N–H and O–H groups in total. The van der Waals surface area contributed by atoms with Gasteiger partial charge in [0.05, 0.1) is 6.61 Å². The van der Waals surface area contributed by atoms with Crippen molar-refractivity contribution in [1.29, 1.82) is 0 Å². The Morgan fingerprint density at radius 2 is 2.04 bits per heavy atom. The Kier molecular flexibility index (Phi) is 7.95. The molecule has 0 saturated carbocycles. The fraction of sp³-hybridized carbons (Fsp3) is 1.00. The van der Waals surface area contributed by atoms with Crippen LogP contribution in [0.3, 0.4) is 0 Å². The zero-order valence-corrected chi connectivity index (χ0v) is 16.6. The van der Waals surface area contributed by atoms with E-state index in [2.05, 4.69) is 55.3 Å². The highest BCUT2D eigenvalue weighted by Crippen LogP contribution is 2.27. The number of piperazine rings is 1. The van der Waals surface area contributed by atoms with E-state index >= 15 is 0 Å². The molecule has 2 saturated heterocycles. The van der Waals surface area contributed by atoms with Gasteiger partial charge in [-0.15, -0.1) is 0 Å². The lowest BCUT2D eigenvalue weighted by molar-refractivity contribution is -0.112. The van der Waals surface area contributed by atoms with Crippen LogP contribution in [0.25, 0.3) is 0 Å². The van der Waals surface area contributed by atoms with Crippen LogP contribution in [0.2, 0.25) is 0 Å². The molecule has 2 aliphatic rings. The summed E-state index contributed by atoms with van der Waals surface area (Å²) in [5.41, 5.74) is 3.70. The van der Waals surface area contributed by atoms with E-state index in [0.29, 0.717) is 12.1 Å². The zero-order valence-electron chi connectivity index (χ0n) is 16.6. The summed E-state index contributed by atoms with van der Waals surface area (Å²) in [7, 11) is 0. The summed E-state index contributed by atoms with van der Waals surface area (Å²) < 4.78 is 6.33. The maximum absolute atomic E-state index is 6.33. The quantitative estimate of drug-likeness (QED) is 0.710. The van der Waals surface area contributed by atoms with Crippen LogP contribution in [0.15, 0.2) is 0 Å². The van der Waals surface area contributed by atoms with Crippen LogP contribution < -0.4 is 10.7 Å². The normalized spacial score (nSPS) is 28.4. The summed E-state index contributed by atoms with van der Waals surface area (Å²) >= 11 is 0. The lowest BCUT2D eigenvalue weighted by Crippen LogP contribution is -2.63. The second-order valence-corrected chi connectivity index (χ2v) is 8.45. The van der Waals surface area contributed by atoms with E-state index in [-0.39, 0.29) is 11.6 Å². The van der Waals surface area contributed by atoms with Crippen LogP contribution in [-0.4, -0.2) is 67.6 Å². The van der Waals surface area contributed by atoms with E-state index in [4.69, 9.17) is 4.74 Å². The molecule has 0 aliphatic carbocycles. The molecule has 2 heterocycles. The van der Waals surface area contributed by atoms with E-state index < -0.39 is 0 Å². The summed E-state index contributed by atoms with van der Waals surface area (Å²) in [6.45, 7) is 17.7. The predicted octanol–water partition coefficient (Wildman–Crippen LogP) is 2.44. The van der Waals surface area contributed by atoms with E-state index in [1.165, 1.54) is 25.7 Å². The van der Waals surface area contributed by atoms with E-state index in [1.807, 2.05) is 0 Å². The van der Waals surface area contributed by atoms with Crippen molar-refractivity contribution in [2.75, 3.05) is 39.3 Å². The van der Waals surface area contributed by atoms with Crippen LogP contribution >= 0.6 is 0 Å². The largest absolute Gasteiger partial charge is 0.360 e. The fourth-order valence-electron chi connectivity index (χ4n) is 3.89. The third-order valence-electron chi connectivity index (χ3n) is 5.52. The maximum atomic E-state index is 6.33. The first-order valence-corrected chi connectivity index (χ1v) is 10.0. The van der Waals surface area contributed by atoms with Gasteiger partial charge >= 0.3 is 0 Å². The fourth-order valence-corrected chi connectivity index (χ4v) is 3.89. The standard InChI is InChI=1S/C19H40N4O/c1-6-9-16(7-2)23-15-17(19(3,4)5)20-14-18(23)24-13-12-22-11-8-10-21-22/h16-18,20-21H,6-15H2,1-5H3. The van der Waals surface area contributed by atoms with Crippen molar-refractivity contribution < 1.29 is 4.74 Å². The Balaban J connectivity index is 1.92. The number of hydrazine groups is 1. The van der Waals surface area contributed by atoms with Crippen molar-refractivity contribution in [2.24, 2.45) is 5.41 Å². The van der Waals surface area contributed by atoms with Gasteiger partial charge in [0.2, 0.25) is 0 Å². The smallest absolute Gasteiger partial charge is 0.123 e. The van der Waals surface area contributed by atoms with Gasteiger partial charge in [0.15, 0.2) is 0 Å². The van der Waals surface area contributed by atoms with Gasteiger partial charge in [-0.3, -0.25) is 10.3 Å². The molecular formula is C19H40N4O. The molecule has 0 aromatic heterocycles. The third-order valence-corrected chi connectivity index (χ3v) is 5.52. The lowest BCUT2D eigenvalue weighted by Gasteiger charge is -2.47. The molecule has 3 atom stereocenters. The highest BCUT2D eigenvalue weighted by molar-refractivity contribution is 4.91. The first kappa shape index (κ1) is 20.1. The Bertz CT molecular complexity index is 352. The minimum atomic E-state index is 0.211. The molecule has 0 spiro atoms. The van der Waals surface area contributed by atoms with E-state index in [1.54, 1.807) is 0 Å². The molecule has 2 fully saturated rings. The molecule has 5 heteroatoms. The average molecular weight is 341 g/mol. The van der Waals surface area contributed by atoms with Gasteiger partial charge < -0.3 is 10.1 Å². The first-order valence-electron chi connectivity index (χ1n) is 10.0. The molecule has 0 radical (unpaired) electrons. The Morgan fingerprint density at radius 1 is 1.25 bits per heavy atom. The molecule has 2 rings (SSSR count). The van der Waals surface area contributed by atoms with Gasteiger partial charge in [-0.2, -0.15) is 0 Å². The summed E-state index contributed by atoms with van der Waals surface area (Å²) in [4.78, 5) is 2.65. The maximum Gasteiger partial charge on any atom is 0.123 e. The van der Waals surface area contributed by atoms with Crippen LogP contribution in [0.4, 0.5) is 0 Å². The number of hydrogen-bond acceptors (Lipinski definition) is 5. The minimum absolute atomic E-state index is 0.211. The molecule has 0 amide bonds. The van der Waals surface area contributed by atoms with E-state index in [0.717, 1.165) is 39.3 Å². The summed E-state index contributed by atoms with van der Waals surface area (Å²) in [6, 6.07) is 1.17. The molecule has 0 bridgehead atoms. The van der Waals surface area contributed by atoms with Gasteiger partial charge in [-0.1, -0.05) is 41.0 Å². The number of hydrogen-bond donors (Lipinski definition) is 2. The summed E-state index contributed by atoms with van der Waals surface area (Å²) in [5, 5.41) is 6.04. The zero-order chi connectivity index (χ0) is 17.6. The summed E-state index contributed by atoms with van der Waals surface area (Å²) in [5.74, 6) is 0. The minimum Gasteiger partial charge on any atom is -0.360 e. The number of nitrogens with zero attached hydrogens (tertiary/aromatic N) is 2. The highest BCUT2D eigenvalue weighted by Gasteiger charge is 2.37. The van der Waals surface area contributed by atoms with Gasteiger partial charge in [0, 0.05) is 44.8 Å². The number of ether oxygens (including phenoxy) is 1. The summed E-state index contributed by atoms with van der Waals surface area (Å²) in [6.07, 6.45) is 5.17. The molecule has 24 heavy (non-hydrogen) atoms. The van der Waals surface area contributed by atoms with Crippen LogP contribution in [0, 0.1) is 5.41 Å².